The molecule has 1 atom stereocenters. The minimum absolute atomic E-state index is 0.0710. The van der Waals surface area contributed by atoms with Crippen LogP contribution in [0, 0.1) is 0 Å². The van der Waals surface area contributed by atoms with E-state index in [1.165, 1.54) is 218 Å². The van der Waals surface area contributed by atoms with E-state index in [-0.39, 0.29) is 31.1 Å². The van der Waals surface area contributed by atoms with Crippen LogP contribution in [0.4, 0.5) is 0 Å². The van der Waals surface area contributed by atoms with Crippen LogP contribution in [0.1, 0.15) is 335 Å². The Morgan fingerprint density at radius 2 is 0.514 bits per heavy atom. The molecule has 0 bridgehead atoms. The Balaban J connectivity index is 4.35. The van der Waals surface area contributed by atoms with E-state index in [2.05, 4.69) is 57.2 Å². The van der Waals surface area contributed by atoms with Gasteiger partial charge in [-0.05, 0) is 57.8 Å². The summed E-state index contributed by atoms with van der Waals surface area (Å²) >= 11 is 0. The Morgan fingerprint density at radius 3 is 0.829 bits per heavy atom. The summed E-state index contributed by atoms with van der Waals surface area (Å²) < 4.78 is 16.9. The van der Waals surface area contributed by atoms with E-state index >= 15 is 0 Å². The molecule has 0 fully saturated rings. The summed E-state index contributed by atoms with van der Waals surface area (Å²) in [7, 11) is 0. The Morgan fingerprint density at radius 1 is 0.286 bits per heavy atom. The summed E-state index contributed by atoms with van der Waals surface area (Å²) in [5.74, 6) is -0.860. The van der Waals surface area contributed by atoms with E-state index in [1.807, 2.05) is 0 Å². The van der Waals surface area contributed by atoms with Crippen molar-refractivity contribution < 1.29 is 28.6 Å². The SMILES string of the molecule is CCCCC/C=C\C/C=C\C/C=C\CCCCCCCCC(=O)OCC(COC(=O)CCCCCCCCCCCCCCCCC)OC(=O)CCCCCCCCCCCCCCCCCCCC. The molecule has 6 heteroatoms. The number of hydrogen-bond donors (Lipinski definition) is 0. The molecule has 0 aliphatic heterocycles. The quantitative estimate of drug-likeness (QED) is 0.0261. The van der Waals surface area contributed by atoms with Crippen LogP contribution in [0.2, 0.25) is 0 Å². The fourth-order valence-electron chi connectivity index (χ4n) is 9.22. The molecule has 0 spiro atoms. The number of ether oxygens (including phenoxy) is 3. The van der Waals surface area contributed by atoms with E-state index in [4.69, 9.17) is 14.2 Å². The second-order valence-electron chi connectivity index (χ2n) is 21.0. The summed E-state index contributed by atoms with van der Waals surface area (Å²) in [6.07, 6.45) is 71.3. The van der Waals surface area contributed by atoms with Gasteiger partial charge in [0.25, 0.3) is 0 Å². The molecule has 0 radical (unpaired) electrons. The fourth-order valence-corrected chi connectivity index (χ4v) is 9.22. The zero-order valence-corrected chi connectivity index (χ0v) is 47.1. The molecular formula is C64H118O6. The smallest absolute Gasteiger partial charge is 0.306 e. The van der Waals surface area contributed by atoms with Gasteiger partial charge >= 0.3 is 17.9 Å². The minimum atomic E-state index is -0.774. The van der Waals surface area contributed by atoms with Gasteiger partial charge in [-0.2, -0.15) is 0 Å². The summed E-state index contributed by atoms with van der Waals surface area (Å²) in [5, 5.41) is 0. The van der Waals surface area contributed by atoms with Crippen LogP contribution in [0.5, 0.6) is 0 Å². The van der Waals surface area contributed by atoms with Gasteiger partial charge in [0.1, 0.15) is 13.2 Å². The first kappa shape index (κ1) is 67.6. The highest BCUT2D eigenvalue weighted by molar-refractivity contribution is 5.71. The predicted molar refractivity (Wildman–Crippen MR) is 302 cm³/mol. The van der Waals surface area contributed by atoms with E-state index in [1.54, 1.807) is 0 Å². The first-order valence-electron chi connectivity index (χ1n) is 31.0. The first-order valence-corrected chi connectivity index (χ1v) is 31.0. The number of carbonyl (C=O) groups excluding carboxylic acids is 3. The van der Waals surface area contributed by atoms with Gasteiger partial charge in [-0.3, -0.25) is 14.4 Å². The average molecular weight is 984 g/mol. The van der Waals surface area contributed by atoms with Crippen LogP contribution in [-0.2, 0) is 28.6 Å². The van der Waals surface area contributed by atoms with Crippen molar-refractivity contribution >= 4 is 17.9 Å². The Hall–Kier alpha value is -2.37. The van der Waals surface area contributed by atoms with Crippen LogP contribution in [0.25, 0.3) is 0 Å². The molecule has 0 aliphatic carbocycles. The Labute approximate surface area is 435 Å². The maximum atomic E-state index is 12.9. The second kappa shape index (κ2) is 59.2. The van der Waals surface area contributed by atoms with Crippen molar-refractivity contribution in [1.82, 2.24) is 0 Å². The second-order valence-corrected chi connectivity index (χ2v) is 21.0. The highest BCUT2D eigenvalue weighted by Crippen LogP contribution is 2.17. The molecular weight excluding hydrogens is 865 g/mol. The van der Waals surface area contributed by atoms with Crippen molar-refractivity contribution in [2.45, 2.75) is 341 Å². The van der Waals surface area contributed by atoms with Crippen molar-refractivity contribution in [3.05, 3.63) is 36.5 Å². The molecule has 0 saturated carbocycles. The van der Waals surface area contributed by atoms with E-state index in [9.17, 15) is 14.4 Å². The monoisotopic (exact) mass is 983 g/mol. The molecule has 0 rings (SSSR count). The van der Waals surface area contributed by atoms with Gasteiger partial charge in [0.2, 0.25) is 0 Å². The average Bonchev–Trinajstić information content (AvgIpc) is 3.36. The summed E-state index contributed by atoms with van der Waals surface area (Å²) in [5.41, 5.74) is 0. The molecule has 70 heavy (non-hydrogen) atoms. The zero-order valence-electron chi connectivity index (χ0n) is 47.1. The van der Waals surface area contributed by atoms with Crippen molar-refractivity contribution in [3.63, 3.8) is 0 Å². The van der Waals surface area contributed by atoms with Crippen molar-refractivity contribution in [1.29, 1.82) is 0 Å². The third-order valence-electron chi connectivity index (χ3n) is 13.9. The van der Waals surface area contributed by atoms with Crippen molar-refractivity contribution in [2.24, 2.45) is 0 Å². The normalized spacial score (nSPS) is 12.2. The highest BCUT2D eigenvalue weighted by atomic mass is 16.6. The predicted octanol–water partition coefficient (Wildman–Crippen LogP) is 20.8. The van der Waals surface area contributed by atoms with Gasteiger partial charge in [-0.1, -0.05) is 295 Å². The fraction of sp³-hybridized carbons (Fsp3) is 0.859. The number of esters is 3. The minimum Gasteiger partial charge on any atom is -0.462 e. The lowest BCUT2D eigenvalue weighted by Crippen LogP contribution is -2.30. The van der Waals surface area contributed by atoms with Gasteiger partial charge in [0.05, 0.1) is 0 Å². The maximum Gasteiger partial charge on any atom is 0.306 e. The number of carbonyl (C=O) groups is 3. The maximum absolute atomic E-state index is 12.9. The summed E-state index contributed by atoms with van der Waals surface area (Å²) in [6.45, 7) is 6.66. The standard InChI is InChI=1S/C64H118O6/c1-4-7-10-13-16-19-22-25-28-30-32-34-36-39-42-45-48-51-54-57-63(66)69-60-61(59-68-62(65)56-53-50-47-44-41-38-35-27-24-21-18-15-12-9-6-3)70-64(67)58-55-52-49-46-43-40-37-33-31-29-26-23-20-17-14-11-8-5-2/h16,19,25,28,32,34,61H,4-15,17-18,20-24,26-27,29-31,33,35-60H2,1-3H3/b19-16-,28-25-,34-32-. The molecule has 0 aromatic heterocycles. The third kappa shape index (κ3) is 56.5. The molecule has 0 heterocycles. The number of rotatable bonds is 57. The van der Waals surface area contributed by atoms with Crippen LogP contribution >= 0.6 is 0 Å². The van der Waals surface area contributed by atoms with Crippen LogP contribution in [0.3, 0.4) is 0 Å². The largest absolute Gasteiger partial charge is 0.462 e. The molecule has 6 nitrogen and oxygen atoms in total. The Bertz CT molecular complexity index is 1170. The van der Waals surface area contributed by atoms with Crippen molar-refractivity contribution in [2.75, 3.05) is 13.2 Å². The van der Waals surface area contributed by atoms with Crippen molar-refractivity contribution in [3.8, 4) is 0 Å². The summed E-state index contributed by atoms with van der Waals surface area (Å²) in [4.78, 5) is 38.3. The lowest BCUT2D eigenvalue weighted by Gasteiger charge is -2.18. The van der Waals surface area contributed by atoms with E-state index in [0.717, 1.165) is 77.0 Å². The topological polar surface area (TPSA) is 78.9 Å². The van der Waals surface area contributed by atoms with Gasteiger partial charge in [0.15, 0.2) is 6.10 Å². The molecule has 0 aromatic rings. The van der Waals surface area contributed by atoms with Gasteiger partial charge in [0, 0.05) is 19.3 Å². The van der Waals surface area contributed by atoms with Gasteiger partial charge in [-0.15, -0.1) is 0 Å². The molecule has 0 aromatic carbocycles. The van der Waals surface area contributed by atoms with E-state index in [0.29, 0.717) is 19.3 Å². The first-order chi connectivity index (χ1) is 34.5. The van der Waals surface area contributed by atoms with Crippen LogP contribution in [-0.4, -0.2) is 37.2 Å². The highest BCUT2D eigenvalue weighted by Gasteiger charge is 2.19. The number of unbranched alkanes of at least 4 members (excludes halogenated alkanes) is 40. The molecule has 1 unspecified atom stereocenters. The molecule has 0 aliphatic rings. The Kier molecular flexibility index (Phi) is 57.2. The lowest BCUT2D eigenvalue weighted by molar-refractivity contribution is -0.167. The van der Waals surface area contributed by atoms with Crippen LogP contribution < -0.4 is 0 Å². The third-order valence-corrected chi connectivity index (χ3v) is 13.9. The van der Waals surface area contributed by atoms with Crippen LogP contribution in [0.15, 0.2) is 36.5 Å². The number of hydrogen-bond acceptors (Lipinski definition) is 6. The number of allylic oxidation sites excluding steroid dienone is 6. The molecule has 0 N–H and O–H groups in total. The summed E-state index contributed by atoms with van der Waals surface area (Å²) in [6, 6.07) is 0. The molecule has 410 valence electrons. The zero-order chi connectivity index (χ0) is 50.7. The van der Waals surface area contributed by atoms with E-state index < -0.39 is 6.10 Å². The van der Waals surface area contributed by atoms with Gasteiger partial charge < -0.3 is 14.2 Å². The van der Waals surface area contributed by atoms with Gasteiger partial charge in [-0.25, -0.2) is 0 Å². The molecule has 0 amide bonds. The lowest BCUT2D eigenvalue weighted by atomic mass is 10.0. The molecule has 0 saturated heterocycles.